The molecule has 1 atom stereocenters. The molecule has 30 heavy (non-hydrogen) atoms. The molecule has 0 aromatic heterocycles. The van der Waals surface area contributed by atoms with Gasteiger partial charge in [0.1, 0.15) is 0 Å². The fraction of sp³-hybridized carbons (Fsp3) is 0.409. The highest BCUT2D eigenvalue weighted by atomic mass is 35.5. The van der Waals surface area contributed by atoms with Crippen LogP contribution in [-0.2, 0) is 17.8 Å². The molecule has 2 aromatic rings. The Morgan fingerprint density at radius 2 is 1.80 bits per heavy atom. The molecule has 1 unspecified atom stereocenters. The van der Waals surface area contributed by atoms with Crippen LogP contribution in [0, 0.1) is 10.8 Å². The molecule has 0 radical (unpaired) electrons. The predicted molar refractivity (Wildman–Crippen MR) is 120 cm³/mol. The van der Waals surface area contributed by atoms with Crippen LogP contribution >= 0.6 is 23.5 Å². The van der Waals surface area contributed by atoms with Gasteiger partial charge in [0.05, 0.1) is 18.6 Å². The van der Waals surface area contributed by atoms with Gasteiger partial charge in [-0.15, -0.1) is 4.91 Å². The van der Waals surface area contributed by atoms with Crippen LogP contribution in [0.15, 0.2) is 58.0 Å². The predicted octanol–water partition coefficient (Wildman–Crippen LogP) is 5.59. The van der Waals surface area contributed by atoms with Gasteiger partial charge < -0.3 is 9.64 Å². The Balaban J connectivity index is 1.66. The van der Waals surface area contributed by atoms with Gasteiger partial charge in [-0.25, -0.2) is 4.79 Å². The Morgan fingerprint density at radius 3 is 2.40 bits per heavy atom. The molecule has 0 N–H and O–H groups in total. The van der Waals surface area contributed by atoms with Crippen molar-refractivity contribution in [1.29, 1.82) is 0 Å². The fourth-order valence-electron chi connectivity index (χ4n) is 3.72. The van der Waals surface area contributed by atoms with Crippen molar-refractivity contribution in [2.24, 2.45) is 10.5 Å². The van der Waals surface area contributed by atoms with E-state index < -0.39 is 0 Å². The smallest absolute Gasteiger partial charge is 0.409 e. The highest BCUT2D eigenvalue weighted by molar-refractivity contribution is 7.98. The zero-order valence-corrected chi connectivity index (χ0v) is 18.6. The molecule has 8 heteroatoms. The van der Waals surface area contributed by atoms with Crippen LogP contribution in [0.25, 0.3) is 0 Å². The van der Waals surface area contributed by atoms with E-state index in [2.05, 4.69) is 9.48 Å². The maximum absolute atomic E-state index is 12.0. The summed E-state index contributed by atoms with van der Waals surface area (Å²) < 4.78 is 8.01. The van der Waals surface area contributed by atoms with E-state index in [1.165, 1.54) is 11.1 Å². The molecule has 1 heterocycles. The van der Waals surface area contributed by atoms with Crippen molar-refractivity contribution >= 4 is 29.6 Å². The second-order valence-electron chi connectivity index (χ2n) is 7.41. The number of nitroso groups, excluding NO2 is 1. The molecule has 0 bridgehead atoms. The summed E-state index contributed by atoms with van der Waals surface area (Å²) in [5, 5.41) is 0.725. The van der Waals surface area contributed by atoms with Gasteiger partial charge >= 0.3 is 6.09 Å². The zero-order chi connectivity index (χ0) is 21.3. The normalized spacial score (nSPS) is 16.1. The quantitative estimate of drug-likeness (QED) is 0.370. The fourth-order valence-corrected chi connectivity index (χ4v) is 4.19. The summed E-state index contributed by atoms with van der Waals surface area (Å²) in [4.78, 5) is 27.5. The Kier molecular flexibility index (Phi) is 8.54. The van der Waals surface area contributed by atoms with E-state index >= 15 is 0 Å². The number of likely N-dealkylation sites (tertiary alicyclic amines) is 1. The van der Waals surface area contributed by atoms with Crippen molar-refractivity contribution in [3.63, 3.8) is 0 Å². The second kappa shape index (κ2) is 11.3. The third-order valence-corrected chi connectivity index (χ3v) is 5.93. The van der Waals surface area contributed by atoms with Crippen LogP contribution < -0.4 is 0 Å². The van der Waals surface area contributed by atoms with E-state index in [0.717, 1.165) is 61.0 Å². The molecule has 3 rings (SSSR count). The van der Waals surface area contributed by atoms with E-state index in [-0.39, 0.29) is 6.09 Å². The van der Waals surface area contributed by atoms with Gasteiger partial charge in [0.25, 0.3) is 0 Å². The average Bonchev–Trinajstić information content (AvgIpc) is 3.20. The Morgan fingerprint density at radius 1 is 1.17 bits per heavy atom. The number of ether oxygens (including phenoxy) is 1. The number of carbonyl (C=O) groups is 1. The summed E-state index contributed by atoms with van der Waals surface area (Å²) in [5.74, 6) is 0.399. The molecule has 0 aliphatic carbocycles. The number of halogens is 1. The highest BCUT2D eigenvalue weighted by Crippen LogP contribution is 2.23. The zero-order valence-electron chi connectivity index (χ0n) is 17.0. The summed E-state index contributed by atoms with van der Waals surface area (Å²) in [6.45, 7) is 6.13. The maximum atomic E-state index is 12.0. The Bertz CT molecular complexity index is 833. The highest BCUT2D eigenvalue weighted by Gasteiger charge is 2.28. The number of benzene rings is 2. The largest absolute Gasteiger partial charge is 0.450 e. The first-order chi connectivity index (χ1) is 14.6. The lowest BCUT2D eigenvalue weighted by Gasteiger charge is -2.26. The summed E-state index contributed by atoms with van der Waals surface area (Å²) >= 11 is 6.97. The maximum Gasteiger partial charge on any atom is 0.409 e. The number of nitrogens with zero attached hydrogens (tertiary/aromatic N) is 3. The molecule has 1 saturated heterocycles. The molecule has 0 saturated carbocycles. The van der Waals surface area contributed by atoms with Crippen molar-refractivity contribution in [2.45, 2.75) is 31.3 Å². The summed E-state index contributed by atoms with van der Waals surface area (Å²) in [6, 6.07) is 15.8. The standard InChI is InChI=1S/C22H26ClN3O3S/c1-2-29-22(27)26-12-11-19(16-26)15-25(13-17-3-7-20(23)8-4-17)14-18-5-9-21(10-6-18)30-24-28/h3-10,19H,2,11-16H2,1H3. The SMILES string of the molecule is CCOC(=O)N1CCC(CN(Cc2ccc(Cl)cc2)Cc2ccc(SN=O)cc2)C1. The van der Waals surface area contributed by atoms with Crippen molar-refractivity contribution in [3.05, 3.63) is 69.6 Å². The third kappa shape index (κ3) is 6.72. The summed E-state index contributed by atoms with van der Waals surface area (Å²) in [7, 11) is 0. The number of hydrogen-bond acceptors (Lipinski definition) is 6. The molecule has 160 valence electrons. The van der Waals surface area contributed by atoms with Crippen LogP contribution in [-0.4, -0.2) is 42.1 Å². The Labute approximate surface area is 186 Å². The van der Waals surface area contributed by atoms with E-state index in [1.54, 1.807) is 4.90 Å². The van der Waals surface area contributed by atoms with Gasteiger partial charge in [-0.1, -0.05) is 35.9 Å². The minimum atomic E-state index is -0.221. The molecule has 1 amide bonds. The van der Waals surface area contributed by atoms with Crippen LogP contribution in [0.5, 0.6) is 0 Å². The van der Waals surface area contributed by atoms with Crippen molar-refractivity contribution in [1.82, 2.24) is 9.80 Å². The van der Waals surface area contributed by atoms with Crippen LogP contribution in [0.1, 0.15) is 24.5 Å². The third-order valence-electron chi connectivity index (χ3n) is 5.12. The van der Waals surface area contributed by atoms with E-state index in [9.17, 15) is 9.70 Å². The lowest BCUT2D eigenvalue weighted by atomic mass is 10.1. The molecule has 1 fully saturated rings. The average molecular weight is 448 g/mol. The van der Waals surface area contributed by atoms with E-state index in [0.29, 0.717) is 12.5 Å². The van der Waals surface area contributed by atoms with Crippen LogP contribution in [0.3, 0.4) is 0 Å². The van der Waals surface area contributed by atoms with Gasteiger partial charge in [-0.2, -0.15) is 0 Å². The van der Waals surface area contributed by atoms with Gasteiger partial charge in [0, 0.05) is 47.2 Å². The van der Waals surface area contributed by atoms with Gasteiger partial charge in [0.15, 0.2) is 0 Å². The Hall–Kier alpha value is -2.09. The molecule has 2 aromatic carbocycles. The van der Waals surface area contributed by atoms with E-state index in [4.69, 9.17) is 16.3 Å². The topological polar surface area (TPSA) is 62.2 Å². The van der Waals surface area contributed by atoms with Crippen LogP contribution in [0.4, 0.5) is 4.79 Å². The minimum absolute atomic E-state index is 0.221. The van der Waals surface area contributed by atoms with E-state index in [1.807, 2.05) is 55.5 Å². The van der Waals surface area contributed by atoms with Crippen molar-refractivity contribution in [3.8, 4) is 0 Å². The molecule has 1 aliphatic heterocycles. The number of carbonyl (C=O) groups excluding carboxylic acids is 1. The molecular formula is C22H26ClN3O3S. The lowest BCUT2D eigenvalue weighted by Crippen LogP contribution is -2.33. The first-order valence-electron chi connectivity index (χ1n) is 10.0. The van der Waals surface area contributed by atoms with Gasteiger partial charge in [-0.05, 0) is 54.7 Å². The molecule has 6 nitrogen and oxygen atoms in total. The minimum Gasteiger partial charge on any atom is -0.450 e. The van der Waals surface area contributed by atoms with Crippen molar-refractivity contribution < 1.29 is 9.53 Å². The first-order valence-corrected chi connectivity index (χ1v) is 11.2. The number of hydrogen-bond donors (Lipinski definition) is 0. The molecule has 0 spiro atoms. The molecule has 1 aliphatic rings. The number of amides is 1. The first kappa shape index (κ1) is 22.6. The van der Waals surface area contributed by atoms with Crippen LogP contribution in [0.2, 0.25) is 5.02 Å². The lowest BCUT2D eigenvalue weighted by molar-refractivity contribution is 0.113. The summed E-state index contributed by atoms with van der Waals surface area (Å²) in [6.07, 6.45) is 0.748. The number of rotatable bonds is 9. The van der Waals surface area contributed by atoms with Crippen molar-refractivity contribution in [2.75, 3.05) is 26.2 Å². The van der Waals surface area contributed by atoms with Gasteiger partial charge in [0.2, 0.25) is 0 Å². The second-order valence-corrected chi connectivity index (χ2v) is 8.64. The molecular weight excluding hydrogens is 422 g/mol. The summed E-state index contributed by atoms with van der Waals surface area (Å²) in [5.41, 5.74) is 2.36. The van der Waals surface area contributed by atoms with Gasteiger partial charge in [-0.3, -0.25) is 4.90 Å². The monoisotopic (exact) mass is 447 g/mol.